The van der Waals surface area contributed by atoms with Crippen molar-refractivity contribution in [1.29, 1.82) is 0 Å². The predicted molar refractivity (Wildman–Crippen MR) is 89.4 cm³/mol. The number of carbonyl (C=O) groups is 2. The summed E-state index contributed by atoms with van der Waals surface area (Å²) in [6.45, 7) is 6.46. The maximum Gasteiger partial charge on any atom is 0.410 e. The highest BCUT2D eigenvalue weighted by Crippen LogP contribution is 2.23. The van der Waals surface area contributed by atoms with Gasteiger partial charge in [-0.25, -0.2) is 4.79 Å². The van der Waals surface area contributed by atoms with Crippen LogP contribution in [0.5, 0.6) is 0 Å². The van der Waals surface area contributed by atoms with Crippen molar-refractivity contribution in [3.8, 4) is 24.7 Å². The maximum atomic E-state index is 12.4. The van der Waals surface area contributed by atoms with E-state index in [9.17, 15) is 9.59 Å². The summed E-state index contributed by atoms with van der Waals surface area (Å²) in [7, 11) is 0. The van der Waals surface area contributed by atoms with E-state index in [-0.39, 0.29) is 37.6 Å². The number of carbonyl (C=O) groups excluding carboxylic acids is 2. The molecule has 0 aliphatic carbocycles. The van der Waals surface area contributed by atoms with Gasteiger partial charge in [0, 0.05) is 19.0 Å². The molecular weight excluding hydrogens is 292 g/mol. The zero-order chi connectivity index (χ0) is 17.5. The number of rotatable bonds is 4. The molecule has 23 heavy (non-hydrogen) atoms. The van der Waals surface area contributed by atoms with Crippen molar-refractivity contribution >= 4 is 12.0 Å². The van der Waals surface area contributed by atoms with Crippen LogP contribution in [0.3, 0.4) is 0 Å². The molecular formula is C18H26N2O3. The molecule has 2 amide bonds. The van der Waals surface area contributed by atoms with Crippen LogP contribution in [0.25, 0.3) is 0 Å². The zero-order valence-corrected chi connectivity index (χ0v) is 14.3. The maximum absolute atomic E-state index is 12.4. The molecule has 0 aromatic carbocycles. The van der Waals surface area contributed by atoms with Crippen LogP contribution in [0, 0.1) is 24.7 Å². The number of nitrogens with zero attached hydrogens (tertiary/aromatic N) is 2. The molecule has 5 nitrogen and oxygen atoms in total. The van der Waals surface area contributed by atoms with Crippen molar-refractivity contribution in [2.75, 3.05) is 19.6 Å². The minimum absolute atomic E-state index is 0.124. The number of hydrogen-bond acceptors (Lipinski definition) is 3. The standard InChI is InChI=1S/C18H26N2O3/c1-6-11-19(12-7-2)16(21)14-15-10-8-9-13-20(15)17(22)23-18(3,4)5/h1-2,15H,8-14H2,3-5H3/t15-/m1/s1. The third-order valence-electron chi connectivity index (χ3n) is 3.58. The Morgan fingerprint density at radius 1 is 1.22 bits per heavy atom. The van der Waals surface area contributed by atoms with Gasteiger partial charge in [0.25, 0.3) is 0 Å². The number of ether oxygens (including phenoxy) is 1. The van der Waals surface area contributed by atoms with Crippen molar-refractivity contribution in [2.24, 2.45) is 0 Å². The Morgan fingerprint density at radius 3 is 2.35 bits per heavy atom. The third kappa shape index (κ3) is 6.24. The number of likely N-dealkylation sites (tertiary alicyclic amines) is 1. The topological polar surface area (TPSA) is 49.9 Å². The van der Waals surface area contributed by atoms with E-state index < -0.39 is 5.60 Å². The third-order valence-corrected chi connectivity index (χ3v) is 3.58. The highest BCUT2D eigenvalue weighted by atomic mass is 16.6. The van der Waals surface area contributed by atoms with Gasteiger partial charge in [0.2, 0.25) is 5.91 Å². The van der Waals surface area contributed by atoms with Gasteiger partial charge < -0.3 is 14.5 Å². The molecule has 0 spiro atoms. The highest BCUT2D eigenvalue weighted by Gasteiger charge is 2.32. The van der Waals surface area contributed by atoms with E-state index in [0.717, 1.165) is 19.3 Å². The van der Waals surface area contributed by atoms with Crippen molar-refractivity contribution in [3.05, 3.63) is 0 Å². The summed E-state index contributed by atoms with van der Waals surface area (Å²) in [5, 5.41) is 0. The van der Waals surface area contributed by atoms with Gasteiger partial charge in [0.15, 0.2) is 0 Å². The zero-order valence-electron chi connectivity index (χ0n) is 14.3. The first-order chi connectivity index (χ1) is 10.8. The van der Waals surface area contributed by atoms with Crippen LogP contribution in [-0.4, -0.2) is 53.1 Å². The number of terminal acetylenes is 2. The molecule has 1 fully saturated rings. The minimum Gasteiger partial charge on any atom is -0.444 e. The van der Waals surface area contributed by atoms with Crippen molar-refractivity contribution < 1.29 is 14.3 Å². The molecule has 5 heteroatoms. The molecule has 0 aromatic heterocycles. The van der Waals surface area contributed by atoms with E-state index in [1.165, 1.54) is 4.90 Å². The first-order valence-corrected chi connectivity index (χ1v) is 7.93. The average molecular weight is 318 g/mol. The van der Waals surface area contributed by atoms with Crippen LogP contribution in [0.15, 0.2) is 0 Å². The molecule has 1 saturated heterocycles. The molecule has 0 unspecified atom stereocenters. The number of hydrogen-bond donors (Lipinski definition) is 0. The largest absolute Gasteiger partial charge is 0.444 e. The van der Waals surface area contributed by atoms with Crippen LogP contribution in [0.4, 0.5) is 4.79 Å². The molecule has 1 aliphatic rings. The Labute approximate surface area is 139 Å². The summed E-state index contributed by atoms with van der Waals surface area (Å²) in [6, 6.07) is -0.163. The van der Waals surface area contributed by atoms with Gasteiger partial charge in [-0.2, -0.15) is 0 Å². The SMILES string of the molecule is C#CCN(CC#C)C(=O)C[C@H]1CCCCN1C(=O)OC(C)(C)C. The molecule has 1 heterocycles. The molecule has 1 atom stereocenters. The Hall–Kier alpha value is -2.14. The van der Waals surface area contributed by atoms with Crippen LogP contribution < -0.4 is 0 Å². The van der Waals surface area contributed by atoms with Crippen LogP contribution in [-0.2, 0) is 9.53 Å². The smallest absolute Gasteiger partial charge is 0.410 e. The van der Waals surface area contributed by atoms with E-state index in [2.05, 4.69) is 11.8 Å². The van der Waals surface area contributed by atoms with E-state index >= 15 is 0 Å². The second-order valence-electron chi connectivity index (χ2n) is 6.69. The lowest BCUT2D eigenvalue weighted by atomic mass is 9.99. The molecule has 0 aromatic rings. The predicted octanol–water partition coefficient (Wildman–Crippen LogP) is 2.26. The van der Waals surface area contributed by atoms with Gasteiger partial charge in [-0.05, 0) is 40.0 Å². The fourth-order valence-corrected chi connectivity index (χ4v) is 2.56. The Bertz CT molecular complexity index is 492. The molecule has 0 radical (unpaired) electrons. The molecule has 1 rings (SSSR count). The number of amides is 2. The summed E-state index contributed by atoms with van der Waals surface area (Å²) < 4.78 is 5.44. The van der Waals surface area contributed by atoms with Gasteiger partial charge in [-0.1, -0.05) is 11.8 Å². The lowest BCUT2D eigenvalue weighted by Crippen LogP contribution is -2.48. The van der Waals surface area contributed by atoms with Gasteiger partial charge in [0.05, 0.1) is 13.1 Å². The summed E-state index contributed by atoms with van der Waals surface area (Å²) in [6.07, 6.45) is 13.1. The van der Waals surface area contributed by atoms with Crippen molar-refractivity contribution in [3.63, 3.8) is 0 Å². The second kappa shape index (κ2) is 8.48. The van der Waals surface area contributed by atoms with Crippen LogP contribution >= 0.6 is 0 Å². The first-order valence-electron chi connectivity index (χ1n) is 7.93. The molecule has 0 saturated carbocycles. The average Bonchev–Trinajstić information content (AvgIpc) is 2.45. The van der Waals surface area contributed by atoms with E-state index in [1.54, 1.807) is 4.90 Å². The van der Waals surface area contributed by atoms with Crippen molar-refractivity contribution in [2.45, 2.75) is 58.1 Å². The highest BCUT2D eigenvalue weighted by molar-refractivity contribution is 5.78. The van der Waals surface area contributed by atoms with Gasteiger partial charge >= 0.3 is 6.09 Å². The quantitative estimate of drug-likeness (QED) is 0.747. The summed E-state index contributed by atoms with van der Waals surface area (Å²) >= 11 is 0. The lowest BCUT2D eigenvalue weighted by Gasteiger charge is -2.37. The van der Waals surface area contributed by atoms with Gasteiger partial charge in [0.1, 0.15) is 5.60 Å². The summed E-state index contributed by atoms with van der Waals surface area (Å²) in [5.74, 6) is 4.76. The molecule has 0 N–H and O–H groups in total. The van der Waals surface area contributed by atoms with Crippen LogP contribution in [0.2, 0.25) is 0 Å². The molecule has 126 valence electrons. The summed E-state index contributed by atoms with van der Waals surface area (Å²) in [5.41, 5.74) is -0.554. The van der Waals surface area contributed by atoms with Gasteiger partial charge in [-0.3, -0.25) is 4.79 Å². The number of piperidine rings is 1. The monoisotopic (exact) mass is 318 g/mol. The normalized spacial score (nSPS) is 17.8. The second-order valence-corrected chi connectivity index (χ2v) is 6.69. The van der Waals surface area contributed by atoms with E-state index in [0.29, 0.717) is 6.54 Å². The molecule has 1 aliphatic heterocycles. The minimum atomic E-state index is -0.554. The fourth-order valence-electron chi connectivity index (χ4n) is 2.56. The van der Waals surface area contributed by atoms with Crippen LogP contribution in [0.1, 0.15) is 46.5 Å². The van der Waals surface area contributed by atoms with E-state index in [1.807, 2.05) is 20.8 Å². The Balaban J connectivity index is 2.75. The fraction of sp³-hybridized carbons (Fsp3) is 0.667. The molecule has 0 bridgehead atoms. The first kappa shape index (κ1) is 18.9. The Morgan fingerprint density at radius 2 is 1.83 bits per heavy atom. The van der Waals surface area contributed by atoms with E-state index in [4.69, 9.17) is 17.6 Å². The Kier molecular flexibility index (Phi) is 6.97. The summed E-state index contributed by atoms with van der Waals surface area (Å²) in [4.78, 5) is 27.9. The lowest BCUT2D eigenvalue weighted by molar-refractivity contribution is -0.131. The van der Waals surface area contributed by atoms with Gasteiger partial charge in [-0.15, -0.1) is 12.8 Å². The van der Waals surface area contributed by atoms with Crippen molar-refractivity contribution in [1.82, 2.24) is 9.80 Å².